The largest absolute Gasteiger partial charge is 0.308 e. The quantitative estimate of drug-likeness (QED) is 0.912. The second-order valence-corrected chi connectivity index (χ2v) is 5.69. The molecule has 0 saturated carbocycles. The maximum Gasteiger partial charge on any atom is 0.0757 e. The van der Waals surface area contributed by atoms with Gasteiger partial charge < -0.3 is 5.32 Å². The molecule has 102 valence electrons. The number of rotatable bonds is 4. The Kier molecular flexibility index (Phi) is 4.66. The van der Waals surface area contributed by atoms with Crippen LogP contribution in [0.1, 0.15) is 29.8 Å². The zero-order chi connectivity index (χ0) is 14.0. The minimum atomic E-state index is 0.0905. The number of halogens is 2. The van der Waals surface area contributed by atoms with E-state index in [1.807, 2.05) is 30.9 Å². The summed E-state index contributed by atoms with van der Waals surface area (Å²) >= 11 is 9.68. The molecule has 0 amide bonds. The molecule has 2 aromatic rings. The van der Waals surface area contributed by atoms with E-state index >= 15 is 0 Å². The lowest BCUT2D eigenvalue weighted by atomic mass is 10.0. The van der Waals surface area contributed by atoms with E-state index in [0.717, 1.165) is 27.3 Å². The van der Waals surface area contributed by atoms with Crippen molar-refractivity contribution in [2.75, 3.05) is 7.05 Å². The molecule has 0 spiro atoms. The molecule has 1 aromatic carbocycles. The van der Waals surface area contributed by atoms with E-state index < -0.39 is 0 Å². The van der Waals surface area contributed by atoms with Crippen molar-refractivity contribution in [2.24, 2.45) is 0 Å². The number of nitrogens with one attached hydrogen (secondary N) is 1. The molecule has 1 atom stereocenters. The molecular weight excluding hydrogens is 326 g/mol. The molecule has 0 fully saturated rings. The molecule has 1 unspecified atom stereocenters. The van der Waals surface area contributed by atoms with Crippen LogP contribution < -0.4 is 5.32 Å². The number of hydrogen-bond donors (Lipinski definition) is 1. The first-order valence-electron chi connectivity index (χ1n) is 6.23. The minimum Gasteiger partial charge on any atom is -0.308 e. The smallest absolute Gasteiger partial charge is 0.0757 e. The van der Waals surface area contributed by atoms with Crippen LogP contribution in [0.25, 0.3) is 0 Å². The summed E-state index contributed by atoms with van der Waals surface area (Å²) in [6, 6.07) is 6.20. The zero-order valence-electron chi connectivity index (χ0n) is 11.2. The van der Waals surface area contributed by atoms with E-state index in [-0.39, 0.29) is 6.04 Å². The third-order valence-electron chi connectivity index (χ3n) is 3.21. The first kappa shape index (κ1) is 14.6. The van der Waals surface area contributed by atoms with Crippen molar-refractivity contribution in [3.05, 3.63) is 50.7 Å². The second-order valence-electron chi connectivity index (χ2n) is 4.42. The highest BCUT2D eigenvalue weighted by Crippen LogP contribution is 2.30. The van der Waals surface area contributed by atoms with Gasteiger partial charge in [-0.2, -0.15) is 5.10 Å². The molecule has 0 aliphatic carbocycles. The maximum atomic E-state index is 6.10. The molecule has 3 nitrogen and oxygen atoms in total. The van der Waals surface area contributed by atoms with Gasteiger partial charge in [0.2, 0.25) is 0 Å². The third-order valence-corrected chi connectivity index (χ3v) is 4.25. The highest BCUT2D eigenvalue weighted by Gasteiger charge is 2.20. The van der Waals surface area contributed by atoms with Gasteiger partial charge in [0.15, 0.2) is 0 Å². The molecule has 0 bridgehead atoms. The normalized spacial score (nSPS) is 12.7. The first-order valence-corrected chi connectivity index (χ1v) is 7.40. The van der Waals surface area contributed by atoms with Crippen LogP contribution in [0.2, 0.25) is 5.02 Å². The molecule has 2 rings (SSSR count). The lowest BCUT2D eigenvalue weighted by molar-refractivity contribution is 0.561. The summed E-state index contributed by atoms with van der Waals surface area (Å²) in [5.41, 5.74) is 3.39. The Labute approximate surface area is 127 Å². The average Bonchev–Trinajstić information content (AvgIpc) is 2.76. The maximum absolute atomic E-state index is 6.10. The van der Waals surface area contributed by atoms with Crippen molar-refractivity contribution < 1.29 is 0 Å². The molecule has 0 saturated heterocycles. The minimum absolute atomic E-state index is 0.0905. The number of hydrogen-bond acceptors (Lipinski definition) is 2. The third kappa shape index (κ3) is 2.86. The van der Waals surface area contributed by atoms with Crippen LogP contribution in [0.4, 0.5) is 0 Å². The fraction of sp³-hybridized carbons (Fsp3) is 0.357. The van der Waals surface area contributed by atoms with Gasteiger partial charge in [0.1, 0.15) is 0 Å². The second kappa shape index (κ2) is 6.07. The van der Waals surface area contributed by atoms with Crippen molar-refractivity contribution in [2.45, 2.75) is 26.4 Å². The van der Waals surface area contributed by atoms with E-state index in [1.54, 1.807) is 0 Å². The Balaban J connectivity index is 2.49. The lowest BCUT2D eigenvalue weighted by Crippen LogP contribution is -2.22. The predicted octanol–water partition coefficient (Wildman–Crippen LogP) is 3.94. The van der Waals surface area contributed by atoms with Gasteiger partial charge in [-0.25, -0.2) is 0 Å². The van der Waals surface area contributed by atoms with Crippen LogP contribution in [0.3, 0.4) is 0 Å². The Morgan fingerprint density at radius 1 is 1.47 bits per heavy atom. The zero-order valence-corrected chi connectivity index (χ0v) is 13.6. The molecule has 0 aliphatic heterocycles. The van der Waals surface area contributed by atoms with Crippen molar-refractivity contribution in [3.8, 4) is 0 Å². The number of aromatic nitrogens is 2. The topological polar surface area (TPSA) is 29.9 Å². The molecule has 5 heteroatoms. The van der Waals surface area contributed by atoms with Gasteiger partial charge in [0.05, 0.1) is 22.4 Å². The highest BCUT2D eigenvalue weighted by atomic mass is 79.9. The lowest BCUT2D eigenvalue weighted by Gasteiger charge is -2.19. The average molecular weight is 343 g/mol. The van der Waals surface area contributed by atoms with E-state index in [1.165, 1.54) is 5.56 Å². The summed E-state index contributed by atoms with van der Waals surface area (Å²) in [6.45, 7) is 4.94. The van der Waals surface area contributed by atoms with Crippen LogP contribution in [0.15, 0.2) is 28.9 Å². The molecule has 0 aliphatic rings. The summed E-state index contributed by atoms with van der Waals surface area (Å²) in [4.78, 5) is 0. The summed E-state index contributed by atoms with van der Waals surface area (Å²) in [5.74, 6) is 0. The van der Waals surface area contributed by atoms with Crippen molar-refractivity contribution in [1.82, 2.24) is 15.1 Å². The van der Waals surface area contributed by atoms with Gasteiger partial charge in [-0.3, -0.25) is 4.68 Å². The van der Waals surface area contributed by atoms with E-state index in [4.69, 9.17) is 11.6 Å². The number of benzene rings is 1. The number of aryl methyl sites for hydroxylation is 2. The van der Waals surface area contributed by atoms with Gasteiger partial charge >= 0.3 is 0 Å². The molecular formula is C14H17BrClN3. The standard InChI is InChI=1S/C14H17BrClN3/c1-4-19-14(11(15)8-18-19)13(17-3)10-5-6-12(16)9(2)7-10/h5-8,13,17H,4H2,1-3H3. The monoisotopic (exact) mass is 341 g/mol. The summed E-state index contributed by atoms with van der Waals surface area (Å²) in [6.07, 6.45) is 1.84. The van der Waals surface area contributed by atoms with Gasteiger partial charge in [-0.05, 0) is 54.0 Å². The van der Waals surface area contributed by atoms with Crippen LogP contribution >= 0.6 is 27.5 Å². The highest BCUT2D eigenvalue weighted by molar-refractivity contribution is 9.10. The number of nitrogens with zero attached hydrogens (tertiary/aromatic N) is 2. The van der Waals surface area contributed by atoms with Gasteiger partial charge in [-0.1, -0.05) is 23.7 Å². The van der Waals surface area contributed by atoms with Crippen molar-refractivity contribution >= 4 is 27.5 Å². The van der Waals surface area contributed by atoms with E-state index in [2.05, 4.69) is 45.4 Å². The summed E-state index contributed by atoms with van der Waals surface area (Å²) in [7, 11) is 1.95. The van der Waals surface area contributed by atoms with Crippen LogP contribution in [-0.4, -0.2) is 16.8 Å². The van der Waals surface area contributed by atoms with E-state index in [9.17, 15) is 0 Å². The predicted molar refractivity (Wildman–Crippen MR) is 82.7 cm³/mol. The fourth-order valence-corrected chi connectivity index (χ4v) is 2.86. The molecule has 0 radical (unpaired) electrons. The Bertz CT molecular complexity index is 580. The van der Waals surface area contributed by atoms with Gasteiger partial charge in [-0.15, -0.1) is 0 Å². The van der Waals surface area contributed by atoms with Crippen LogP contribution in [0.5, 0.6) is 0 Å². The SMILES string of the molecule is CCn1ncc(Br)c1C(NC)c1ccc(Cl)c(C)c1. The molecule has 1 aromatic heterocycles. The van der Waals surface area contributed by atoms with Gasteiger partial charge in [0.25, 0.3) is 0 Å². The Hall–Kier alpha value is -0.840. The van der Waals surface area contributed by atoms with Gasteiger partial charge in [0, 0.05) is 11.6 Å². The Morgan fingerprint density at radius 2 is 2.21 bits per heavy atom. The Morgan fingerprint density at radius 3 is 2.79 bits per heavy atom. The molecule has 19 heavy (non-hydrogen) atoms. The molecule has 1 heterocycles. The van der Waals surface area contributed by atoms with Crippen molar-refractivity contribution in [3.63, 3.8) is 0 Å². The summed E-state index contributed by atoms with van der Waals surface area (Å²) in [5, 5.41) is 8.51. The summed E-state index contributed by atoms with van der Waals surface area (Å²) < 4.78 is 3.01. The van der Waals surface area contributed by atoms with Crippen LogP contribution in [0, 0.1) is 6.92 Å². The fourth-order valence-electron chi connectivity index (χ4n) is 2.22. The van der Waals surface area contributed by atoms with Crippen molar-refractivity contribution in [1.29, 1.82) is 0 Å². The molecule has 1 N–H and O–H groups in total. The van der Waals surface area contributed by atoms with Crippen LogP contribution in [-0.2, 0) is 6.54 Å². The van der Waals surface area contributed by atoms with E-state index in [0.29, 0.717) is 0 Å². The first-order chi connectivity index (χ1) is 9.08.